The van der Waals surface area contributed by atoms with Crippen molar-refractivity contribution in [2.45, 2.75) is 38.2 Å². The number of aromatic nitrogens is 2. The molecule has 0 aliphatic heterocycles. The SMILES string of the molecule is O=[N+]([O-])c1ccn(CC2CCC(F)(F)CC2)n1. The van der Waals surface area contributed by atoms with E-state index < -0.39 is 10.8 Å². The Kier molecular flexibility index (Phi) is 3.08. The van der Waals surface area contributed by atoms with E-state index in [9.17, 15) is 18.9 Å². The Balaban J connectivity index is 1.91. The minimum atomic E-state index is -2.54. The van der Waals surface area contributed by atoms with Crippen LogP contribution in [0.2, 0.25) is 0 Å². The van der Waals surface area contributed by atoms with Crippen molar-refractivity contribution >= 4 is 5.82 Å². The van der Waals surface area contributed by atoms with Crippen molar-refractivity contribution in [3.8, 4) is 0 Å². The Morgan fingerprint density at radius 3 is 2.71 bits per heavy atom. The molecule has 0 bridgehead atoms. The number of alkyl halides is 2. The molecule has 1 aliphatic rings. The molecule has 0 amide bonds. The number of rotatable bonds is 3. The van der Waals surface area contributed by atoms with Crippen molar-refractivity contribution < 1.29 is 13.7 Å². The van der Waals surface area contributed by atoms with E-state index in [1.807, 2.05) is 0 Å². The van der Waals surface area contributed by atoms with Gasteiger partial charge >= 0.3 is 5.82 Å². The van der Waals surface area contributed by atoms with Crippen molar-refractivity contribution in [3.05, 3.63) is 22.4 Å². The topological polar surface area (TPSA) is 61.0 Å². The minimum absolute atomic E-state index is 0.0962. The first-order valence-corrected chi connectivity index (χ1v) is 5.52. The first-order chi connectivity index (χ1) is 7.96. The number of hydrogen-bond acceptors (Lipinski definition) is 3. The van der Waals surface area contributed by atoms with Crippen LogP contribution in [0.3, 0.4) is 0 Å². The van der Waals surface area contributed by atoms with Gasteiger partial charge in [-0.2, -0.15) is 4.68 Å². The molecule has 17 heavy (non-hydrogen) atoms. The first kappa shape index (κ1) is 11.9. The normalized spacial score (nSPS) is 20.4. The molecule has 5 nitrogen and oxygen atoms in total. The Morgan fingerprint density at radius 1 is 1.53 bits per heavy atom. The predicted molar refractivity (Wildman–Crippen MR) is 55.8 cm³/mol. The molecular weight excluding hydrogens is 232 g/mol. The number of nitro groups is 1. The van der Waals surface area contributed by atoms with Gasteiger partial charge in [0.15, 0.2) is 0 Å². The van der Waals surface area contributed by atoms with Crippen molar-refractivity contribution in [2.75, 3.05) is 0 Å². The lowest BCUT2D eigenvalue weighted by molar-refractivity contribution is -0.389. The van der Waals surface area contributed by atoms with Gasteiger partial charge in [0.25, 0.3) is 0 Å². The molecule has 0 spiro atoms. The summed E-state index contributed by atoms with van der Waals surface area (Å²) in [7, 11) is 0. The monoisotopic (exact) mass is 245 g/mol. The number of nitrogens with zero attached hydrogens (tertiary/aromatic N) is 3. The van der Waals surface area contributed by atoms with Gasteiger partial charge in [-0.15, -0.1) is 0 Å². The van der Waals surface area contributed by atoms with Crippen molar-refractivity contribution in [2.24, 2.45) is 5.92 Å². The third-order valence-electron chi connectivity index (χ3n) is 3.10. The molecule has 7 heteroatoms. The molecular formula is C10H13F2N3O2. The number of halogens is 2. The smallest absolute Gasteiger partial charge is 0.358 e. The van der Waals surface area contributed by atoms with Gasteiger partial charge in [0.2, 0.25) is 5.92 Å². The molecule has 1 aliphatic carbocycles. The first-order valence-electron chi connectivity index (χ1n) is 5.52. The molecule has 1 heterocycles. The largest absolute Gasteiger partial charge is 0.389 e. The van der Waals surface area contributed by atoms with E-state index in [1.165, 1.54) is 16.9 Å². The van der Waals surface area contributed by atoms with E-state index >= 15 is 0 Å². The van der Waals surface area contributed by atoms with E-state index in [1.54, 1.807) is 0 Å². The van der Waals surface area contributed by atoms with Gasteiger partial charge in [-0.3, -0.25) is 0 Å². The third kappa shape index (κ3) is 2.98. The molecule has 94 valence electrons. The lowest BCUT2D eigenvalue weighted by atomic mass is 9.87. The fourth-order valence-corrected chi connectivity index (χ4v) is 2.10. The van der Waals surface area contributed by atoms with Crippen molar-refractivity contribution in [3.63, 3.8) is 0 Å². The summed E-state index contributed by atoms with van der Waals surface area (Å²) >= 11 is 0. The van der Waals surface area contributed by atoms with Crippen LogP contribution in [0, 0.1) is 16.0 Å². The Morgan fingerprint density at radius 2 is 2.18 bits per heavy atom. The lowest BCUT2D eigenvalue weighted by Crippen LogP contribution is -2.26. The maximum atomic E-state index is 12.9. The Labute approximate surface area is 96.6 Å². The molecule has 1 saturated carbocycles. The van der Waals surface area contributed by atoms with Crippen LogP contribution in [0.15, 0.2) is 12.3 Å². The van der Waals surface area contributed by atoms with Crippen molar-refractivity contribution in [1.82, 2.24) is 9.78 Å². The van der Waals surface area contributed by atoms with E-state index in [0.717, 1.165) is 0 Å². The second kappa shape index (κ2) is 4.38. The third-order valence-corrected chi connectivity index (χ3v) is 3.10. The summed E-state index contributed by atoms with van der Waals surface area (Å²) in [6.07, 6.45) is 2.22. The highest BCUT2D eigenvalue weighted by Gasteiger charge is 2.35. The molecule has 0 atom stereocenters. The van der Waals surface area contributed by atoms with Gasteiger partial charge in [0.05, 0.1) is 23.9 Å². The maximum absolute atomic E-state index is 12.9. The molecule has 2 rings (SSSR count). The standard InChI is InChI=1S/C10H13F2N3O2/c11-10(12)4-1-8(2-5-10)7-14-6-3-9(13-14)15(16)17/h3,6,8H,1-2,4-5,7H2. The van der Waals surface area contributed by atoms with Gasteiger partial charge < -0.3 is 10.1 Å². The average molecular weight is 245 g/mol. The van der Waals surface area contributed by atoms with Gasteiger partial charge in [0, 0.05) is 12.8 Å². The van der Waals surface area contributed by atoms with E-state index in [2.05, 4.69) is 5.10 Å². The maximum Gasteiger partial charge on any atom is 0.389 e. The summed E-state index contributed by atoms with van der Waals surface area (Å²) in [5.74, 6) is -2.60. The van der Waals surface area contributed by atoms with Crippen LogP contribution in [0.1, 0.15) is 25.7 Å². The average Bonchev–Trinajstić information content (AvgIpc) is 2.70. The zero-order chi connectivity index (χ0) is 12.5. The zero-order valence-corrected chi connectivity index (χ0v) is 9.18. The second-order valence-electron chi connectivity index (χ2n) is 4.45. The van der Waals surface area contributed by atoms with Crippen LogP contribution >= 0.6 is 0 Å². The molecule has 0 radical (unpaired) electrons. The highest BCUT2D eigenvalue weighted by atomic mass is 19.3. The predicted octanol–water partition coefficient (Wildman–Crippen LogP) is 2.62. The van der Waals surface area contributed by atoms with E-state index in [-0.39, 0.29) is 24.6 Å². The molecule has 0 saturated heterocycles. The van der Waals surface area contributed by atoms with Crippen LogP contribution in [0.4, 0.5) is 14.6 Å². The van der Waals surface area contributed by atoms with Gasteiger partial charge in [-0.05, 0) is 23.7 Å². The van der Waals surface area contributed by atoms with Crippen LogP contribution in [-0.2, 0) is 6.54 Å². The summed E-state index contributed by atoms with van der Waals surface area (Å²) in [5, 5.41) is 14.2. The summed E-state index contributed by atoms with van der Waals surface area (Å²) in [4.78, 5) is 9.86. The molecule has 0 N–H and O–H groups in total. The van der Waals surface area contributed by atoms with Gasteiger partial charge in [-0.25, -0.2) is 8.78 Å². The van der Waals surface area contributed by atoms with Crippen LogP contribution in [0.25, 0.3) is 0 Å². The van der Waals surface area contributed by atoms with E-state index in [4.69, 9.17) is 0 Å². The van der Waals surface area contributed by atoms with Crippen LogP contribution in [-0.4, -0.2) is 20.6 Å². The van der Waals surface area contributed by atoms with Crippen LogP contribution < -0.4 is 0 Å². The summed E-state index contributed by atoms with van der Waals surface area (Å²) in [6, 6.07) is 1.32. The zero-order valence-electron chi connectivity index (χ0n) is 9.18. The quantitative estimate of drug-likeness (QED) is 0.607. The summed E-state index contributed by atoms with van der Waals surface area (Å²) in [6.45, 7) is 0.476. The van der Waals surface area contributed by atoms with Crippen molar-refractivity contribution in [1.29, 1.82) is 0 Å². The Bertz CT molecular complexity index is 409. The minimum Gasteiger partial charge on any atom is -0.358 e. The molecule has 0 aromatic carbocycles. The summed E-state index contributed by atoms with van der Waals surface area (Å²) < 4.78 is 27.3. The fourth-order valence-electron chi connectivity index (χ4n) is 2.10. The molecule has 1 aromatic heterocycles. The highest BCUT2D eigenvalue weighted by molar-refractivity contribution is 5.13. The molecule has 1 aromatic rings. The second-order valence-corrected chi connectivity index (χ2v) is 4.45. The van der Waals surface area contributed by atoms with E-state index in [0.29, 0.717) is 19.4 Å². The Hall–Kier alpha value is -1.53. The summed E-state index contributed by atoms with van der Waals surface area (Å²) in [5.41, 5.74) is 0. The van der Waals surface area contributed by atoms with Crippen LogP contribution in [0.5, 0.6) is 0 Å². The molecule has 1 fully saturated rings. The van der Waals surface area contributed by atoms with Gasteiger partial charge in [-0.1, -0.05) is 0 Å². The highest BCUT2D eigenvalue weighted by Crippen LogP contribution is 2.36. The fraction of sp³-hybridized carbons (Fsp3) is 0.700. The lowest BCUT2D eigenvalue weighted by Gasteiger charge is -2.27. The van der Waals surface area contributed by atoms with Gasteiger partial charge in [0.1, 0.15) is 0 Å². The molecule has 0 unspecified atom stereocenters. The number of hydrogen-bond donors (Lipinski definition) is 0.